The molecule has 0 bridgehead atoms. The van der Waals surface area contributed by atoms with Crippen LogP contribution in [0.4, 0.5) is 0 Å². The zero-order chi connectivity index (χ0) is 28.3. The minimum atomic E-state index is -1.08. The van der Waals surface area contributed by atoms with Gasteiger partial charge in [-0.15, -0.1) is 0 Å². The van der Waals surface area contributed by atoms with Gasteiger partial charge in [-0.05, 0) is 93.8 Å². The summed E-state index contributed by atoms with van der Waals surface area (Å²) >= 11 is 0. The van der Waals surface area contributed by atoms with Crippen LogP contribution in [0, 0.1) is 50.7 Å². The predicted octanol–water partition coefficient (Wildman–Crippen LogP) is 5.04. The monoisotopic (exact) mass is 528 g/mol. The van der Waals surface area contributed by atoms with E-state index < -0.39 is 39.3 Å². The van der Waals surface area contributed by atoms with Gasteiger partial charge in [0, 0.05) is 18.3 Å². The summed E-state index contributed by atoms with van der Waals surface area (Å²) in [6, 6.07) is 0. The van der Waals surface area contributed by atoms with Gasteiger partial charge in [0.15, 0.2) is 0 Å². The minimum Gasteiger partial charge on any atom is -0.469 e. The first-order chi connectivity index (χ1) is 17.5. The van der Waals surface area contributed by atoms with Crippen molar-refractivity contribution < 1.29 is 29.3 Å². The van der Waals surface area contributed by atoms with Crippen LogP contribution in [-0.2, 0) is 19.1 Å². The topological polar surface area (TPSA) is 101 Å². The van der Waals surface area contributed by atoms with Crippen molar-refractivity contribution in [3.8, 4) is 0 Å². The van der Waals surface area contributed by atoms with Gasteiger partial charge in [-0.25, -0.2) is 0 Å². The van der Waals surface area contributed by atoms with Crippen molar-refractivity contribution in [2.24, 2.45) is 50.7 Å². The zero-order valence-electron chi connectivity index (χ0n) is 24.6. The molecule has 2 N–H and O–H groups in total. The SMILES string of the molecule is COC(=O)[C@]12CC[C@@H](C)[C@@](C)(O)[C@H]1C1=CC[C@@H]3[C@@]4(C)CC[C@H](O)[C@@](C)(C(C)=O)[C@@H]4C(=O)C[C@@]3(C)[C@]1(C)CC2. The average Bonchev–Trinajstić information content (AvgIpc) is 2.83. The third kappa shape index (κ3) is 3.05. The molecule has 11 atom stereocenters. The van der Waals surface area contributed by atoms with Crippen LogP contribution in [0.5, 0.6) is 0 Å². The highest BCUT2D eigenvalue weighted by Gasteiger charge is 2.73. The molecule has 5 rings (SSSR count). The number of ether oxygens (including phenoxy) is 1. The Kier molecular flexibility index (Phi) is 6.08. The average molecular weight is 529 g/mol. The van der Waals surface area contributed by atoms with Crippen molar-refractivity contribution in [2.45, 2.75) is 112 Å². The number of carbonyl (C=O) groups excluding carboxylic acids is 3. The van der Waals surface area contributed by atoms with Crippen LogP contribution < -0.4 is 0 Å². The quantitative estimate of drug-likeness (QED) is 0.385. The number of Topliss-reactive ketones (excluding diaryl/α,β-unsaturated/α-hetero) is 2. The number of aliphatic hydroxyl groups excluding tert-OH is 1. The lowest BCUT2D eigenvalue weighted by molar-refractivity contribution is -0.216. The van der Waals surface area contributed by atoms with Gasteiger partial charge in [-0.1, -0.05) is 39.3 Å². The van der Waals surface area contributed by atoms with E-state index in [1.54, 1.807) is 6.92 Å². The number of allylic oxidation sites excluding steroid dienone is 1. The third-order valence-corrected chi connectivity index (χ3v) is 13.7. The number of carbonyl (C=O) groups is 3. The maximum atomic E-state index is 14.2. The second-order valence-corrected chi connectivity index (χ2v) is 14.9. The molecule has 0 saturated heterocycles. The molecular formula is C32H48O6. The third-order valence-electron chi connectivity index (χ3n) is 13.7. The Morgan fingerprint density at radius 1 is 1.00 bits per heavy atom. The lowest BCUT2D eigenvalue weighted by Crippen LogP contribution is -2.70. The summed E-state index contributed by atoms with van der Waals surface area (Å²) < 4.78 is 5.40. The Morgan fingerprint density at radius 2 is 1.66 bits per heavy atom. The molecule has 4 saturated carbocycles. The summed E-state index contributed by atoms with van der Waals surface area (Å²) in [4.78, 5) is 40.7. The number of aliphatic hydroxyl groups is 2. The van der Waals surface area contributed by atoms with Gasteiger partial charge in [0.25, 0.3) is 0 Å². The van der Waals surface area contributed by atoms with Gasteiger partial charge in [0.2, 0.25) is 0 Å². The maximum Gasteiger partial charge on any atom is 0.312 e. The van der Waals surface area contributed by atoms with Gasteiger partial charge in [-0.2, -0.15) is 0 Å². The molecule has 0 aromatic rings. The van der Waals surface area contributed by atoms with Crippen LogP contribution >= 0.6 is 0 Å². The molecule has 0 amide bonds. The van der Waals surface area contributed by atoms with E-state index in [0.29, 0.717) is 32.1 Å². The molecule has 0 aliphatic heterocycles. The van der Waals surface area contributed by atoms with Gasteiger partial charge in [-0.3, -0.25) is 14.4 Å². The van der Waals surface area contributed by atoms with E-state index in [9.17, 15) is 24.6 Å². The van der Waals surface area contributed by atoms with Crippen molar-refractivity contribution in [1.29, 1.82) is 0 Å². The Bertz CT molecular complexity index is 1110. The summed E-state index contributed by atoms with van der Waals surface area (Å²) in [6.45, 7) is 14.0. The lowest BCUT2D eigenvalue weighted by Gasteiger charge is -2.71. The summed E-state index contributed by atoms with van der Waals surface area (Å²) in [5.41, 5.74) is -2.98. The van der Waals surface area contributed by atoms with E-state index >= 15 is 0 Å². The van der Waals surface area contributed by atoms with Crippen LogP contribution in [0.2, 0.25) is 0 Å². The largest absolute Gasteiger partial charge is 0.469 e. The van der Waals surface area contributed by atoms with E-state index in [2.05, 4.69) is 33.8 Å². The summed E-state index contributed by atoms with van der Waals surface area (Å²) in [7, 11) is 1.45. The second-order valence-electron chi connectivity index (χ2n) is 14.9. The Hall–Kier alpha value is -1.53. The number of fused-ring (bicyclic) bond motifs is 7. The first-order valence-electron chi connectivity index (χ1n) is 14.7. The molecule has 6 nitrogen and oxygen atoms in total. The number of hydrogen-bond donors (Lipinski definition) is 2. The molecule has 0 spiro atoms. The maximum absolute atomic E-state index is 14.2. The van der Waals surface area contributed by atoms with Crippen LogP contribution in [0.15, 0.2) is 11.6 Å². The fourth-order valence-corrected chi connectivity index (χ4v) is 11.0. The lowest BCUT2D eigenvalue weighted by atomic mass is 9.32. The standard InChI is InChI=1S/C32H48O6/c1-18-11-14-32(26(36)38-8)16-15-28(4)20(24(32)31(18,7)37)9-10-22-27(3)13-12-23(35)30(6,19(2)33)25(27)21(34)17-29(22,28)5/h9,18,22-25,35,37H,10-17H2,1-8H3/t18-,22-,23+,24-,25-,27-,28-,29-,30-,31-,32+/m1/s1. The highest BCUT2D eigenvalue weighted by atomic mass is 16.5. The smallest absolute Gasteiger partial charge is 0.312 e. The second kappa shape index (κ2) is 8.25. The molecule has 0 aromatic carbocycles. The minimum absolute atomic E-state index is 0.0325. The molecule has 212 valence electrons. The molecule has 5 aliphatic rings. The van der Waals surface area contributed by atoms with Crippen molar-refractivity contribution in [3.63, 3.8) is 0 Å². The highest BCUT2D eigenvalue weighted by Crippen LogP contribution is 2.75. The summed E-state index contributed by atoms with van der Waals surface area (Å²) in [5, 5.41) is 23.1. The van der Waals surface area contributed by atoms with Crippen LogP contribution in [0.1, 0.15) is 99.8 Å². The van der Waals surface area contributed by atoms with E-state index in [0.717, 1.165) is 24.8 Å². The van der Waals surface area contributed by atoms with E-state index in [1.807, 2.05) is 6.92 Å². The van der Waals surface area contributed by atoms with Crippen molar-refractivity contribution in [1.82, 2.24) is 0 Å². The highest BCUT2D eigenvalue weighted by molar-refractivity contribution is 5.94. The van der Waals surface area contributed by atoms with Crippen LogP contribution in [-0.4, -0.2) is 46.6 Å². The molecule has 0 unspecified atom stereocenters. The predicted molar refractivity (Wildman–Crippen MR) is 144 cm³/mol. The fraction of sp³-hybridized carbons (Fsp3) is 0.844. The van der Waals surface area contributed by atoms with E-state index in [1.165, 1.54) is 14.0 Å². The van der Waals surface area contributed by atoms with E-state index in [4.69, 9.17) is 4.74 Å². The first-order valence-corrected chi connectivity index (χ1v) is 14.7. The first kappa shape index (κ1) is 28.0. The van der Waals surface area contributed by atoms with Crippen LogP contribution in [0.25, 0.3) is 0 Å². The fourth-order valence-electron chi connectivity index (χ4n) is 11.0. The molecule has 0 aromatic heterocycles. The Labute approximate surface area is 228 Å². The molecule has 4 fully saturated rings. The van der Waals surface area contributed by atoms with Gasteiger partial charge in [0.05, 0.1) is 29.6 Å². The number of esters is 1. The van der Waals surface area contributed by atoms with Gasteiger partial charge >= 0.3 is 5.97 Å². The van der Waals surface area contributed by atoms with Crippen molar-refractivity contribution in [3.05, 3.63) is 11.6 Å². The Morgan fingerprint density at radius 3 is 2.26 bits per heavy atom. The summed E-state index contributed by atoms with van der Waals surface area (Å²) in [6.07, 6.45) is 6.63. The molecule has 38 heavy (non-hydrogen) atoms. The molecule has 0 radical (unpaired) electrons. The number of rotatable bonds is 2. The van der Waals surface area contributed by atoms with Crippen molar-refractivity contribution in [2.75, 3.05) is 7.11 Å². The zero-order valence-corrected chi connectivity index (χ0v) is 24.6. The van der Waals surface area contributed by atoms with Gasteiger partial charge < -0.3 is 14.9 Å². The normalized spacial score (nSPS) is 54.0. The number of ketones is 2. The Balaban J connectivity index is 1.68. The van der Waals surface area contributed by atoms with Crippen LogP contribution in [0.3, 0.4) is 0 Å². The van der Waals surface area contributed by atoms with Gasteiger partial charge in [0.1, 0.15) is 11.6 Å². The molecule has 5 aliphatic carbocycles. The number of hydrogen-bond acceptors (Lipinski definition) is 6. The molecule has 6 heteroatoms. The molecular weight excluding hydrogens is 480 g/mol. The van der Waals surface area contributed by atoms with E-state index in [-0.39, 0.29) is 40.7 Å². The van der Waals surface area contributed by atoms with Crippen molar-refractivity contribution >= 4 is 17.5 Å². The number of methoxy groups -OCH3 is 1. The molecule has 0 heterocycles. The summed E-state index contributed by atoms with van der Waals surface area (Å²) in [5.74, 6) is -0.945.